The first-order valence-corrected chi connectivity index (χ1v) is 15.4. The Bertz CT molecular complexity index is 1170. The molecule has 3 atom stereocenters. The fourth-order valence-electron chi connectivity index (χ4n) is 7.61. The third kappa shape index (κ3) is 4.85. The Balaban J connectivity index is 1.32. The summed E-state index contributed by atoms with van der Waals surface area (Å²) in [4.78, 5) is 25.5. The van der Waals surface area contributed by atoms with Crippen LogP contribution < -0.4 is 15.4 Å². The first-order valence-electron chi connectivity index (χ1n) is 13.3. The van der Waals surface area contributed by atoms with Gasteiger partial charge < -0.3 is 11.1 Å². The molecule has 37 heavy (non-hydrogen) atoms. The van der Waals surface area contributed by atoms with Gasteiger partial charge in [-0.25, -0.2) is 0 Å². The number of hydrogen-bond acceptors (Lipinski definition) is 4. The lowest BCUT2D eigenvalue weighted by Crippen LogP contribution is -2.63. The number of aryl methyl sites for hydroxylation is 1. The number of nitrogens with two attached hydrogens (primary N) is 1. The molecule has 6 rings (SSSR count). The minimum absolute atomic E-state index is 0.0321. The molecule has 11 heteroatoms. The van der Waals surface area contributed by atoms with Crippen LogP contribution in [0.2, 0.25) is 10.0 Å². The lowest BCUT2D eigenvalue weighted by molar-refractivity contribution is -0.147. The summed E-state index contributed by atoms with van der Waals surface area (Å²) in [5, 5.41) is 3.72. The zero-order chi connectivity index (χ0) is 26.7. The van der Waals surface area contributed by atoms with E-state index in [1.54, 1.807) is 12.1 Å². The molecule has 1 saturated heterocycles. The predicted octanol–water partition coefficient (Wildman–Crippen LogP) is 3.75. The van der Waals surface area contributed by atoms with Crippen molar-refractivity contribution in [3.05, 3.63) is 27.7 Å². The van der Waals surface area contributed by atoms with E-state index in [2.05, 4.69) is 12.2 Å². The van der Waals surface area contributed by atoms with Crippen LogP contribution >= 0.6 is 23.2 Å². The molecule has 0 radical (unpaired) electrons. The van der Waals surface area contributed by atoms with Gasteiger partial charge in [-0.1, -0.05) is 43.5 Å². The van der Waals surface area contributed by atoms with Crippen molar-refractivity contribution in [2.75, 3.05) is 23.9 Å². The van der Waals surface area contributed by atoms with E-state index >= 15 is 0 Å². The van der Waals surface area contributed by atoms with E-state index in [-0.39, 0.29) is 71.0 Å². The molecule has 4 saturated carbocycles. The summed E-state index contributed by atoms with van der Waals surface area (Å²) < 4.78 is 29.8. The zero-order valence-electron chi connectivity index (χ0n) is 21.4. The molecule has 0 aromatic heterocycles. The Morgan fingerprint density at radius 2 is 1.73 bits per heavy atom. The molecule has 8 nitrogen and oxygen atoms in total. The van der Waals surface area contributed by atoms with Crippen molar-refractivity contribution in [1.82, 2.24) is 9.62 Å². The average molecular weight is 572 g/mol. The quantitative estimate of drug-likeness (QED) is 0.519. The van der Waals surface area contributed by atoms with E-state index < -0.39 is 15.6 Å². The number of primary amides is 1. The maximum atomic E-state index is 13.7. The Morgan fingerprint density at radius 1 is 1.11 bits per heavy atom. The number of benzene rings is 1. The molecule has 1 heterocycles. The van der Waals surface area contributed by atoms with E-state index in [4.69, 9.17) is 28.9 Å². The van der Waals surface area contributed by atoms with Crippen molar-refractivity contribution in [3.63, 3.8) is 0 Å². The highest BCUT2D eigenvalue weighted by molar-refractivity contribution is 7.90. The van der Waals surface area contributed by atoms with Gasteiger partial charge in [0, 0.05) is 24.5 Å². The fourth-order valence-corrected chi connectivity index (χ4v) is 10.3. The van der Waals surface area contributed by atoms with Crippen LogP contribution in [-0.4, -0.2) is 50.2 Å². The van der Waals surface area contributed by atoms with Crippen molar-refractivity contribution in [1.29, 1.82) is 0 Å². The number of amides is 2. The SMILES string of the molecule is CCCc1cc(Cl)c(N2CC(C)CN(CC(=O)NC3C4CC5CC3CC(C(N)=O)(C5)C4)S2(=O)=O)c(Cl)c1. The minimum atomic E-state index is -4.02. The lowest BCUT2D eigenvalue weighted by Gasteiger charge is -2.58. The number of anilines is 1. The van der Waals surface area contributed by atoms with Crippen molar-refractivity contribution < 1.29 is 18.0 Å². The van der Waals surface area contributed by atoms with Gasteiger partial charge in [0.1, 0.15) is 0 Å². The fraction of sp³-hybridized carbons (Fsp3) is 0.692. The molecule has 4 bridgehead atoms. The first kappa shape index (κ1) is 27.0. The van der Waals surface area contributed by atoms with Crippen molar-refractivity contribution in [3.8, 4) is 0 Å². The van der Waals surface area contributed by atoms with Gasteiger partial charge in [-0.2, -0.15) is 12.7 Å². The van der Waals surface area contributed by atoms with Gasteiger partial charge in [0.25, 0.3) is 0 Å². The third-order valence-electron chi connectivity index (χ3n) is 8.91. The van der Waals surface area contributed by atoms with Crippen molar-refractivity contribution in [2.24, 2.45) is 34.8 Å². The molecule has 1 aromatic carbocycles. The predicted molar refractivity (Wildman–Crippen MR) is 145 cm³/mol. The maximum absolute atomic E-state index is 13.7. The molecular formula is C26H36Cl2N4O4S. The Morgan fingerprint density at radius 3 is 2.30 bits per heavy atom. The molecule has 2 amide bonds. The van der Waals surface area contributed by atoms with Crippen LogP contribution in [0, 0.1) is 29.1 Å². The van der Waals surface area contributed by atoms with Crippen LogP contribution in [0.3, 0.4) is 0 Å². The number of rotatable bonds is 7. The molecular weight excluding hydrogens is 535 g/mol. The van der Waals surface area contributed by atoms with Crippen LogP contribution in [0.15, 0.2) is 12.1 Å². The Kier molecular flexibility index (Phi) is 7.22. The standard InChI is InChI=1S/C26H36Cl2N4O4S/c1-3-4-16-7-20(27)24(21(28)8-16)32-13-15(2)12-31(37(32,35)36)14-22(33)30-23-18-5-17-6-19(23)11-26(9-17,10-18)25(29)34/h7-8,15,17-19,23H,3-6,9-14H2,1-2H3,(H2,29,34)(H,30,33). The smallest absolute Gasteiger partial charge is 0.304 e. The molecule has 4 aliphatic carbocycles. The van der Waals surface area contributed by atoms with Gasteiger partial charge in [-0.15, -0.1) is 0 Å². The summed E-state index contributed by atoms with van der Waals surface area (Å²) in [6, 6.07) is 3.49. The lowest BCUT2D eigenvalue weighted by atomic mass is 9.47. The number of hydrogen-bond donors (Lipinski definition) is 2. The molecule has 3 N–H and O–H groups in total. The van der Waals surface area contributed by atoms with Crippen LogP contribution in [-0.2, 0) is 26.2 Å². The van der Waals surface area contributed by atoms with Crippen molar-refractivity contribution >= 4 is 50.9 Å². The number of nitrogens with zero attached hydrogens (tertiary/aromatic N) is 2. The minimum Gasteiger partial charge on any atom is -0.369 e. The normalized spacial score (nSPS) is 34.5. The molecule has 0 spiro atoms. The van der Waals surface area contributed by atoms with Crippen LogP contribution in [0.1, 0.15) is 57.9 Å². The highest BCUT2D eigenvalue weighted by Gasteiger charge is 2.58. The summed E-state index contributed by atoms with van der Waals surface area (Å²) in [6.07, 6.45) is 5.94. The topological polar surface area (TPSA) is 113 Å². The van der Waals surface area contributed by atoms with Gasteiger partial charge in [-0.3, -0.25) is 13.9 Å². The van der Waals surface area contributed by atoms with Gasteiger partial charge in [0.05, 0.1) is 22.3 Å². The molecule has 3 unspecified atom stereocenters. The number of nitrogens with one attached hydrogen (secondary N) is 1. The van der Waals surface area contributed by atoms with Crippen LogP contribution in [0.4, 0.5) is 5.69 Å². The van der Waals surface area contributed by atoms with Gasteiger partial charge >= 0.3 is 10.2 Å². The van der Waals surface area contributed by atoms with Gasteiger partial charge in [0.2, 0.25) is 11.8 Å². The van der Waals surface area contributed by atoms with Crippen LogP contribution in [0.5, 0.6) is 0 Å². The summed E-state index contributed by atoms with van der Waals surface area (Å²) in [5.74, 6) is 0.318. The van der Waals surface area contributed by atoms with E-state index in [0.29, 0.717) is 18.8 Å². The van der Waals surface area contributed by atoms with E-state index in [9.17, 15) is 18.0 Å². The molecule has 5 aliphatic rings. The monoisotopic (exact) mass is 570 g/mol. The second kappa shape index (κ2) is 9.88. The number of carbonyl (C=O) groups is 2. The molecule has 1 aliphatic heterocycles. The maximum Gasteiger partial charge on any atom is 0.304 e. The first-order chi connectivity index (χ1) is 17.4. The summed E-state index contributed by atoms with van der Waals surface area (Å²) in [5.41, 5.74) is 6.57. The second-order valence-electron chi connectivity index (χ2n) is 11.8. The largest absolute Gasteiger partial charge is 0.369 e. The third-order valence-corrected chi connectivity index (χ3v) is 11.3. The summed E-state index contributed by atoms with van der Waals surface area (Å²) in [6.45, 7) is 4.19. The van der Waals surface area contributed by atoms with E-state index in [1.807, 2.05) is 6.92 Å². The molecule has 204 valence electrons. The molecule has 5 fully saturated rings. The van der Waals surface area contributed by atoms with E-state index in [0.717, 1.165) is 37.7 Å². The Labute approximate surface area is 229 Å². The molecule has 1 aromatic rings. The number of carbonyl (C=O) groups excluding carboxylic acids is 2. The summed E-state index contributed by atoms with van der Waals surface area (Å²) in [7, 11) is -4.02. The van der Waals surface area contributed by atoms with Crippen LogP contribution in [0.25, 0.3) is 0 Å². The summed E-state index contributed by atoms with van der Waals surface area (Å²) >= 11 is 13.1. The van der Waals surface area contributed by atoms with Gasteiger partial charge in [-0.05, 0) is 79.9 Å². The second-order valence-corrected chi connectivity index (χ2v) is 14.5. The zero-order valence-corrected chi connectivity index (χ0v) is 23.7. The number of halogens is 2. The van der Waals surface area contributed by atoms with E-state index in [1.165, 1.54) is 8.61 Å². The van der Waals surface area contributed by atoms with Crippen molar-refractivity contribution in [2.45, 2.75) is 64.8 Å². The highest BCUT2D eigenvalue weighted by Crippen LogP contribution is 2.59. The highest BCUT2D eigenvalue weighted by atomic mass is 35.5. The Hall–Kier alpha value is -1.55. The van der Waals surface area contributed by atoms with Gasteiger partial charge in [0.15, 0.2) is 0 Å². The average Bonchev–Trinajstić information content (AvgIpc) is 2.79.